The number of hydrogen-bond donors (Lipinski definition) is 1. The quantitative estimate of drug-likeness (QED) is 0.818. The highest BCUT2D eigenvalue weighted by molar-refractivity contribution is 5.85. The van der Waals surface area contributed by atoms with Crippen LogP contribution in [0.1, 0.15) is 26.2 Å². The molecule has 1 unspecified atom stereocenters. The van der Waals surface area contributed by atoms with Gasteiger partial charge in [0.25, 0.3) is 0 Å². The van der Waals surface area contributed by atoms with Crippen LogP contribution in [0.3, 0.4) is 0 Å². The molecule has 0 aliphatic heterocycles. The zero-order chi connectivity index (χ0) is 13.2. The Morgan fingerprint density at radius 2 is 2.28 bits per heavy atom. The van der Waals surface area contributed by atoms with Gasteiger partial charge in [0.1, 0.15) is 11.4 Å². The van der Waals surface area contributed by atoms with Crippen molar-refractivity contribution in [1.29, 1.82) is 0 Å². The summed E-state index contributed by atoms with van der Waals surface area (Å²) in [6, 6.07) is 6.17. The van der Waals surface area contributed by atoms with Crippen LogP contribution >= 0.6 is 0 Å². The predicted octanol–water partition coefficient (Wildman–Crippen LogP) is 2.97. The molecule has 1 atom stereocenters. The van der Waals surface area contributed by atoms with Crippen LogP contribution in [0.25, 0.3) is 0 Å². The van der Waals surface area contributed by atoms with Crippen LogP contribution in [0, 0.1) is 11.7 Å². The molecular formula is C14H18FNO2. The Hall–Kier alpha value is -1.58. The molecular weight excluding hydrogens is 233 g/mol. The molecule has 3 nitrogen and oxygen atoms in total. The van der Waals surface area contributed by atoms with Crippen molar-refractivity contribution in [3.8, 4) is 0 Å². The second-order valence-electron chi connectivity index (χ2n) is 4.73. The molecule has 2 rings (SSSR count). The summed E-state index contributed by atoms with van der Waals surface area (Å²) in [5.74, 6) is -0.305. The van der Waals surface area contributed by atoms with Crippen LogP contribution in [0.2, 0.25) is 0 Å². The lowest BCUT2D eigenvalue weighted by molar-refractivity contribution is -0.147. The van der Waals surface area contributed by atoms with Crippen molar-refractivity contribution >= 4 is 11.7 Å². The molecule has 1 aliphatic rings. The maximum Gasteiger partial charge on any atom is 0.331 e. The first-order valence-corrected chi connectivity index (χ1v) is 6.24. The van der Waals surface area contributed by atoms with Gasteiger partial charge in [-0.15, -0.1) is 0 Å². The predicted molar refractivity (Wildman–Crippen MR) is 67.8 cm³/mol. The van der Waals surface area contributed by atoms with Gasteiger partial charge in [0.15, 0.2) is 0 Å². The van der Waals surface area contributed by atoms with E-state index in [2.05, 4.69) is 5.32 Å². The summed E-state index contributed by atoms with van der Waals surface area (Å²) in [4.78, 5) is 12.1. The van der Waals surface area contributed by atoms with Gasteiger partial charge >= 0.3 is 5.97 Å². The van der Waals surface area contributed by atoms with Gasteiger partial charge in [0.2, 0.25) is 0 Å². The van der Waals surface area contributed by atoms with Crippen molar-refractivity contribution < 1.29 is 13.9 Å². The number of nitrogens with one attached hydrogen (secondary N) is 1. The lowest BCUT2D eigenvalue weighted by Gasteiger charge is -2.32. The number of anilines is 1. The van der Waals surface area contributed by atoms with E-state index in [0.717, 1.165) is 12.8 Å². The minimum atomic E-state index is -0.720. The molecule has 1 aliphatic carbocycles. The average Bonchev–Trinajstić information content (AvgIpc) is 3.19. The number of carbonyl (C=O) groups is 1. The van der Waals surface area contributed by atoms with E-state index in [-0.39, 0.29) is 17.7 Å². The second kappa shape index (κ2) is 4.96. The largest absolute Gasteiger partial charge is 0.467 e. The first-order valence-electron chi connectivity index (χ1n) is 6.24. The highest BCUT2D eigenvalue weighted by Crippen LogP contribution is 2.44. The van der Waals surface area contributed by atoms with Gasteiger partial charge in [0.05, 0.1) is 7.11 Å². The minimum absolute atomic E-state index is 0.267. The van der Waals surface area contributed by atoms with Gasteiger partial charge < -0.3 is 10.1 Å². The highest BCUT2D eigenvalue weighted by atomic mass is 19.1. The number of benzene rings is 1. The Kier molecular flexibility index (Phi) is 3.55. The molecule has 0 amide bonds. The summed E-state index contributed by atoms with van der Waals surface area (Å²) in [7, 11) is 1.39. The van der Waals surface area contributed by atoms with E-state index in [0.29, 0.717) is 12.1 Å². The van der Waals surface area contributed by atoms with Crippen molar-refractivity contribution in [2.45, 2.75) is 31.7 Å². The number of hydrogen-bond acceptors (Lipinski definition) is 3. The van der Waals surface area contributed by atoms with Crippen molar-refractivity contribution in [1.82, 2.24) is 0 Å². The topological polar surface area (TPSA) is 38.3 Å². The maximum atomic E-state index is 13.2. The number of methoxy groups -OCH3 is 1. The number of ether oxygens (including phenoxy) is 1. The number of halogens is 1. The number of rotatable bonds is 5. The van der Waals surface area contributed by atoms with E-state index < -0.39 is 5.54 Å². The molecule has 0 bridgehead atoms. The number of carbonyl (C=O) groups excluding carboxylic acids is 1. The fourth-order valence-corrected chi connectivity index (χ4v) is 2.42. The minimum Gasteiger partial charge on any atom is -0.467 e. The molecule has 18 heavy (non-hydrogen) atoms. The molecule has 1 aromatic rings. The maximum absolute atomic E-state index is 13.2. The van der Waals surface area contributed by atoms with Crippen LogP contribution in [0.4, 0.5) is 10.1 Å². The SMILES string of the molecule is CCC(Nc1cccc(F)c1)(C(=O)OC)C1CC1. The Morgan fingerprint density at radius 3 is 2.78 bits per heavy atom. The third kappa shape index (κ3) is 2.33. The van der Waals surface area contributed by atoms with Gasteiger partial charge in [-0.3, -0.25) is 0 Å². The Labute approximate surface area is 106 Å². The van der Waals surface area contributed by atoms with Crippen molar-refractivity contribution in [3.63, 3.8) is 0 Å². The molecule has 1 fully saturated rings. The fourth-order valence-electron chi connectivity index (χ4n) is 2.42. The van der Waals surface area contributed by atoms with E-state index in [1.165, 1.54) is 19.2 Å². The molecule has 0 spiro atoms. The summed E-state index contributed by atoms with van der Waals surface area (Å²) in [5.41, 5.74) is -0.100. The van der Waals surface area contributed by atoms with Gasteiger partial charge in [-0.25, -0.2) is 9.18 Å². The van der Waals surface area contributed by atoms with Crippen LogP contribution in [-0.2, 0) is 9.53 Å². The lowest BCUT2D eigenvalue weighted by atomic mass is 9.89. The molecule has 1 saturated carbocycles. The van der Waals surface area contributed by atoms with E-state index in [9.17, 15) is 9.18 Å². The summed E-state index contributed by atoms with van der Waals surface area (Å²) in [5, 5.41) is 3.18. The zero-order valence-corrected chi connectivity index (χ0v) is 10.7. The van der Waals surface area contributed by atoms with Gasteiger partial charge in [-0.1, -0.05) is 13.0 Å². The average molecular weight is 251 g/mol. The van der Waals surface area contributed by atoms with Crippen LogP contribution in [0.15, 0.2) is 24.3 Å². The molecule has 0 aromatic heterocycles. The standard InChI is InChI=1S/C14H18FNO2/c1-3-14(10-7-8-10,13(17)18-2)16-12-6-4-5-11(15)9-12/h4-6,9-10,16H,3,7-8H2,1-2H3. The lowest BCUT2D eigenvalue weighted by Crippen LogP contribution is -2.48. The smallest absolute Gasteiger partial charge is 0.331 e. The van der Waals surface area contributed by atoms with Crippen molar-refractivity contribution in [2.75, 3.05) is 12.4 Å². The first kappa shape index (κ1) is 12.9. The van der Waals surface area contributed by atoms with E-state index >= 15 is 0 Å². The third-order valence-electron chi connectivity index (χ3n) is 3.57. The Balaban J connectivity index is 2.27. The van der Waals surface area contributed by atoms with Gasteiger partial charge in [-0.2, -0.15) is 0 Å². The molecule has 0 radical (unpaired) electrons. The van der Waals surface area contributed by atoms with Gasteiger partial charge in [0, 0.05) is 5.69 Å². The Morgan fingerprint density at radius 1 is 1.56 bits per heavy atom. The molecule has 0 saturated heterocycles. The summed E-state index contributed by atoms with van der Waals surface area (Å²) in [6.07, 6.45) is 2.64. The molecule has 1 aromatic carbocycles. The normalized spacial score (nSPS) is 17.9. The van der Waals surface area contributed by atoms with Gasteiger partial charge in [-0.05, 0) is 43.4 Å². The van der Waals surface area contributed by atoms with E-state index in [1.54, 1.807) is 12.1 Å². The molecule has 4 heteroatoms. The summed E-state index contributed by atoms with van der Waals surface area (Å²) in [6.45, 7) is 1.95. The first-order chi connectivity index (χ1) is 8.62. The van der Waals surface area contributed by atoms with Crippen molar-refractivity contribution in [3.05, 3.63) is 30.1 Å². The summed E-state index contributed by atoms with van der Waals surface area (Å²) < 4.78 is 18.1. The Bertz CT molecular complexity index is 445. The fraction of sp³-hybridized carbons (Fsp3) is 0.500. The zero-order valence-electron chi connectivity index (χ0n) is 10.7. The molecule has 0 heterocycles. The number of esters is 1. The van der Waals surface area contributed by atoms with E-state index in [4.69, 9.17) is 4.74 Å². The molecule has 1 N–H and O–H groups in total. The third-order valence-corrected chi connectivity index (χ3v) is 3.57. The monoisotopic (exact) mass is 251 g/mol. The van der Waals surface area contributed by atoms with Crippen LogP contribution in [-0.4, -0.2) is 18.6 Å². The highest BCUT2D eigenvalue weighted by Gasteiger charge is 2.50. The van der Waals surface area contributed by atoms with Crippen LogP contribution in [0.5, 0.6) is 0 Å². The molecule has 98 valence electrons. The van der Waals surface area contributed by atoms with Crippen LogP contribution < -0.4 is 5.32 Å². The van der Waals surface area contributed by atoms with E-state index in [1.807, 2.05) is 6.92 Å². The summed E-state index contributed by atoms with van der Waals surface area (Å²) >= 11 is 0. The van der Waals surface area contributed by atoms with Crippen molar-refractivity contribution in [2.24, 2.45) is 5.92 Å². The second-order valence-corrected chi connectivity index (χ2v) is 4.73.